The van der Waals surface area contributed by atoms with Crippen LogP contribution in [0.4, 0.5) is 4.39 Å². The molecule has 0 saturated heterocycles. The van der Waals surface area contributed by atoms with Crippen molar-refractivity contribution in [2.75, 3.05) is 26.8 Å². The Balaban J connectivity index is 1.80. The third-order valence-electron chi connectivity index (χ3n) is 3.40. The minimum Gasteiger partial charge on any atom is -0.457 e. The summed E-state index contributed by atoms with van der Waals surface area (Å²) in [6.07, 6.45) is 0. The predicted molar refractivity (Wildman–Crippen MR) is 97.6 cm³/mol. The third-order valence-corrected chi connectivity index (χ3v) is 3.40. The van der Waals surface area contributed by atoms with Crippen LogP contribution in [0.2, 0.25) is 0 Å². The van der Waals surface area contributed by atoms with Crippen LogP contribution in [0, 0.1) is 5.82 Å². The summed E-state index contributed by atoms with van der Waals surface area (Å²) in [5, 5.41) is 6.42. The Hall–Kier alpha value is -2.60. The summed E-state index contributed by atoms with van der Waals surface area (Å²) in [5.74, 6) is 1.75. The minimum atomic E-state index is -0.281. The molecule has 25 heavy (non-hydrogen) atoms. The molecule has 2 aromatic rings. The molecular formula is C19H24FN3O2. The Labute approximate surface area is 147 Å². The van der Waals surface area contributed by atoms with Crippen LogP contribution in [0.1, 0.15) is 12.5 Å². The number of hydrogen-bond acceptors (Lipinski definition) is 3. The molecule has 0 atom stereocenters. The Morgan fingerprint density at radius 3 is 2.24 bits per heavy atom. The number of benzene rings is 2. The van der Waals surface area contributed by atoms with E-state index in [0.717, 1.165) is 11.5 Å². The highest BCUT2D eigenvalue weighted by Gasteiger charge is 2.01. The van der Waals surface area contributed by atoms with Crippen LogP contribution < -0.4 is 15.4 Å². The Morgan fingerprint density at radius 2 is 1.64 bits per heavy atom. The van der Waals surface area contributed by atoms with Gasteiger partial charge in [-0.1, -0.05) is 12.1 Å². The molecule has 134 valence electrons. The molecule has 6 heteroatoms. The minimum absolute atomic E-state index is 0.281. The molecule has 0 spiro atoms. The molecule has 0 fully saturated rings. The molecule has 2 N–H and O–H groups in total. The number of nitrogens with zero attached hydrogens (tertiary/aromatic N) is 1. The lowest BCUT2D eigenvalue weighted by molar-refractivity contribution is 0.152. The van der Waals surface area contributed by atoms with Crippen LogP contribution in [0.25, 0.3) is 0 Å². The molecule has 0 amide bonds. The average Bonchev–Trinajstić information content (AvgIpc) is 2.64. The summed E-state index contributed by atoms with van der Waals surface area (Å²) in [4.78, 5) is 4.16. The maximum atomic E-state index is 12.9. The first-order valence-electron chi connectivity index (χ1n) is 8.26. The van der Waals surface area contributed by atoms with Gasteiger partial charge in [0.1, 0.15) is 17.3 Å². The lowest BCUT2D eigenvalue weighted by Crippen LogP contribution is -2.38. The van der Waals surface area contributed by atoms with E-state index in [9.17, 15) is 4.39 Å². The van der Waals surface area contributed by atoms with Crippen molar-refractivity contribution in [3.8, 4) is 11.5 Å². The zero-order valence-corrected chi connectivity index (χ0v) is 14.6. The first kappa shape index (κ1) is 18.7. The van der Waals surface area contributed by atoms with Crippen molar-refractivity contribution < 1.29 is 13.9 Å². The summed E-state index contributed by atoms with van der Waals surface area (Å²) < 4.78 is 23.8. The van der Waals surface area contributed by atoms with Gasteiger partial charge >= 0.3 is 0 Å². The summed E-state index contributed by atoms with van der Waals surface area (Å²) in [6.45, 7) is 4.67. The van der Waals surface area contributed by atoms with Gasteiger partial charge in [0, 0.05) is 26.7 Å². The van der Waals surface area contributed by atoms with Crippen molar-refractivity contribution in [1.29, 1.82) is 0 Å². The number of aliphatic imine (C=N–C) groups is 1. The fraction of sp³-hybridized carbons (Fsp3) is 0.316. The first-order chi connectivity index (χ1) is 12.2. The Kier molecular flexibility index (Phi) is 7.72. The number of guanidine groups is 1. The largest absolute Gasteiger partial charge is 0.457 e. The van der Waals surface area contributed by atoms with Crippen LogP contribution in [-0.2, 0) is 11.3 Å². The monoisotopic (exact) mass is 345 g/mol. The molecular weight excluding hydrogens is 321 g/mol. The van der Waals surface area contributed by atoms with Crippen LogP contribution in [0.5, 0.6) is 11.5 Å². The lowest BCUT2D eigenvalue weighted by Gasteiger charge is -2.12. The van der Waals surface area contributed by atoms with Gasteiger partial charge in [-0.3, -0.25) is 4.99 Å². The zero-order chi connectivity index (χ0) is 17.9. The topological polar surface area (TPSA) is 54.9 Å². The van der Waals surface area contributed by atoms with Crippen molar-refractivity contribution in [3.05, 3.63) is 59.9 Å². The fourth-order valence-corrected chi connectivity index (χ4v) is 2.11. The molecule has 0 unspecified atom stereocenters. The maximum absolute atomic E-state index is 12.9. The van der Waals surface area contributed by atoms with Gasteiger partial charge in [0.25, 0.3) is 0 Å². The van der Waals surface area contributed by atoms with E-state index < -0.39 is 0 Å². The molecule has 2 aromatic carbocycles. The summed E-state index contributed by atoms with van der Waals surface area (Å²) in [5.41, 5.74) is 1.10. The second kappa shape index (κ2) is 10.3. The summed E-state index contributed by atoms with van der Waals surface area (Å²) in [7, 11) is 1.73. The van der Waals surface area contributed by atoms with E-state index in [0.29, 0.717) is 37.8 Å². The van der Waals surface area contributed by atoms with E-state index in [-0.39, 0.29) is 5.82 Å². The summed E-state index contributed by atoms with van der Waals surface area (Å²) in [6, 6.07) is 13.6. The quantitative estimate of drug-likeness (QED) is 0.438. The number of hydrogen-bond donors (Lipinski definition) is 2. The van der Waals surface area contributed by atoms with E-state index in [4.69, 9.17) is 9.47 Å². The molecule has 5 nitrogen and oxygen atoms in total. The molecule has 0 aliphatic carbocycles. The Morgan fingerprint density at radius 1 is 1.00 bits per heavy atom. The highest BCUT2D eigenvalue weighted by atomic mass is 19.1. The highest BCUT2D eigenvalue weighted by Crippen LogP contribution is 2.21. The number of ether oxygens (including phenoxy) is 2. The van der Waals surface area contributed by atoms with Crippen LogP contribution in [-0.4, -0.2) is 32.8 Å². The SMILES string of the molecule is CCOCCNC(=NC)NCc1ccc(Oc2ccc(F)cc2)cc1. The van der Waals surface area contributed by atoms with Gasteiger partial charge in [-0.25, -0.2) is 4.39 Å². The van der Waals surface area contributed by atoms with Gasteiger partial charge in [-0.15, -0.1) is 0 Å². The van der Waals surface area contributed by atoms with Gasteiger partial charge in [0.15, 0.2) is 5.96 Å². The molecule has 0 aliphatic rings. The molecule has 0 aromatic heterocycles. The van der Waals surface area contributed by atoms with Crippen molar-refractivity contribution in [1.82, 2.24) is 10.6 Å². The Bertz CT molecular complexity index is 657. The van der Waals surface area contributed by atoms with Crippen molar-refractivity contribution in [3.63, 3.8) is 0 Å². The van der Waals surface area contributed by atoms with Crippen LogP contribution >= 0.6 is 0 Å². The average molecular weight is 345 g/mol. The molecule has 0 radical (unpaired) electrons. The molecule has 2 rings (SSSR count). The van der Waals surface area contributed by atoms with Crippen LogP contribution in [0.15, 0.2) is 53.5 Å². The normalized spacial score (nSPS) is 11.2. The van der Waals surface area contributed by atoms with Gasteiger partial charge in [0.05, 0.1) is 6.61 Å². The zero-order valence-electron chi connectivity index (χ0n) is 14.6. The van der Waals surface area contributed by atoms with E-state index in [1.165, 1.54) is 12.1 Å². The maximum Gasteiger partial charge on any atom is 0.191 e. The van der Waals surface area contributed by atoms with Gasteiger partial charge < -0.3 is 20.1 Å². The highest BCUT2D eigenvalue weighted by molar-refractivity contribution is 5.79. The second-order valence-electron chi connectivity index (χ2n) is 5.25. The molecule has 0 bridgehead atoms. The van der Waals surface area contributed by atoms with Crippen molar-refractivity contribution in [2.24, 2.45) is 4.99 Å². The van der Waals surface area contributed by atoms with Gasteiger partial charge in [-0.2, -0.15) is 0 Å². The first-order valence-corrected chi connectivity index (χ1v) is 8.26. The van der Waals surface area contributed by atoms with E-state index in [1.54, 1.807) is 19.2 Å². The number of nitrogens with one attached hydrogen (secondary N) is 2. The predicted octanol–water partition coefficient (Wildman–Crippen LogP) is 3.32. The van der Waals surface area contributed by atoms with Gasteiger partial charge in [-0.05, 0) is 48.9 Å². The number of halogens is 1. The standard InChI is InChI=1S/C19H24FN3O2/c1-3-24-13-12-22-19(21-2)23-14-15-4-8-17(9-5-15)25-18-10-6-16(20)7-11-18/h4-11H,3,12-14H2,1-2H3,(H2,21,22,23). The smallest absolute Gasteiger partial charge is 0.191 e. The van der Waals surface area contributed by atoms with Crippen molar-refractivity contribution >= 4 is 5.96 Å². The summed E-state index contributed by atoms with van der Waals surface area (Å²) >= 11 is 0. The molecule has 0 saturated carbocycles. The second-order valence-corrected chi connectivity index (χ2v) is 5.25. The van der Waals surface area contributed by atoms with E-state index in [2.05, 4.69) is 15.6 Å². The van der Waals surface area contributed by atoms with Gasteiger partial charge in [0.2, 0.25) is 0 Å². The number of rotatable bonds is 8. The lowest BCUT2D eigenvalue weighted by atomic mass is 10.2. The molecule has 0 aliphatic heterocycles. The molecule has 0 heterocycles. The van der Waals surface area contributed by atoms with Crippen LogP contribution in [0.3, 0.4) is 0 Å². The van der Waals surface area contributed by atoms with E-state index >= 15 is 0 Å². The van der Waals surface area contributed by atoms with E-state index in [1.807, 2.05) is 31.2 Å². The fourth-order valence-electron chi connectivity index (χ4n) is 2.11. The van der Waals surface area contributed by atoms with Crippen molar-refractivity contribution in [2.45, 2.75) is 13.5 Å². The third kappa shape index (κ3) is 6.81.